The molecule has 0 saturated heterocycles. The van der Waals surface area contributed by atoms with Crippen molar-refractivity contribution in [2.45, 2.75) is 314 Å². The molecule has 9 rings (SSSR count). The van der Waals surface area contributed by atoms with E-state index >= 15 is 0 Å². The average molecular weight is 1050 g/mol. The monoisotopic (exact) mass is 1050 g/mol. The summed E-state index contributed by atoms with van der Waals surface area (Å²) in [6.07, 6.45) is 44.7. The van der Waals surface area contributed by atoms with E-state index in [9.17, 15) is 9.59 Å². The van der Waals surface area contributed by atoms with Gasteiger partial charge >= 0.3 is 0 Å². The second-order valence-electron chi connectivity index (χ2n) is 23.4. The second-order valence-corrected chi connectivity index (χ2v) is 25.9. The molecular weight excluding hydrogens is 960 g/mol. The lowest BCUT2D eigenvalue weighted by molar-refractivity contribution is -0.133. The third-order valence-corrected chi connectivity index (χ3v) is 20.6. The minimum Gasteiger partial charge on any atom is -0.375 e. The number of ketones is 2. The molecule has 66 heavy (non-hydrogen) atoms. The van der Waals surface area contributed by atoms with Crippen molar-refractivity contribution in [1.82, 2.24) is 0 Å². The number of Topliss-reactive ketones (excluding diaryl/α,β-unsaturated/α-hetero) is 2. The first-order valence-electron chi connectivity index (χ1n) is 28.5. The van der Waals surface area contributed by atoms with Crippen molar-refractivity contribution >= 4 is 43.4 Å². The van der Waals surface area contributed by atoms with Crippen molar-refractivity contribution in [2.75, 3.05) is 0 Å². The molecule has 10 heteroatoms. The fourth-order valence-corrected chi connectivity index (χ4v) is 15.9. The minimum atomic E-state index is 0.156. The topological polar surface area (TPSA) is 89.5 Å². The summed E-state index contributed by atoms with van der Waals surface area (Å²) >= 11 is 7.59. The summed E-state index contributed by atoms with van der Waals surface area (Å²) in [6.45, 7) is 0. The van der Waals surface area contributed by atoms with Crippen LogP contribution in [0.1, 0.15) is 231 Å². The maximum absolute atomic E-state index is 13.7. The second kappa shape index (κ2) is 25.6. The lowest BCUT2D eigenvalue weighted by Crippen LogP contribution is -2.38. The lowest BCUT2D eigenvalue weighted by atomic mass is 9.75. The molecule has 0 amide bonds. The Bertz CT molecular complexity index is 1440. The van der Waals surface area contributed by atoms with Gasteiger partial charge in [0.2, 0.25) is 0 Å². The van der Waals surface area contributed by atoms with Gasteiger partial charge in [0, 0.05) is 33.3 Å². The van der Waals surface area contributed by atoms with Gasteiger partial charge < -0.3 is 28.4 Å². The van der Waals surface area contributed by atoms with Gasteiger partial charge in [-0.3, -0.25) is 9.59 Å². The van der Waals surface area contributed by atoms with E-state index in [0.717, 1.165) is 173 Å². The van der Waals surface area contributed by atoms with E-state index in [1.807, 2.05) is 0 Å². The maximum atomic E-state index is 13.7. The predicted octanol–water partition coefficient (Wildman–Crippen LogP) is 13.8. The quantitative estimate of drug-likeness (QED) is 0.141. The Morgan fingerprint density at radius 2 is 0.515 bits per heavy atom. The number of alkyl halides is 2. The molecular formula is C56H90Br2O8. The van der Waals surface area contributed by atoms with Crippen molar-refractivity contribution in [2.24, 2.45) is 23.7 Å². The number of hydrogen-bond acceptors (Lipinski definition) is 8. The van der Waals surface area contributed by atoms with Gasteiger partial charge in [-0.2, -0.15) is 0 Å². The summed E-state index contributed by atoms with van der Waals surface area (Å²) in [6, 6.07) is 0. The normalized spacial score (nSPS) is 43.5. The highest BCUT2D eigenvalue weighted by atomic mass is 79.9. The summed E-state index contributed by atoms with van der Waals surface area (Å²) < 4.78 is 39.9. The van der Waals surface area contributed by atoms with Gasteiger partial charge in [-0.25, -0.2) is 0 Å². The van der Waals surface area contributed by atoms with Gasteiger partial charge in [-0.05, 0) is 212 Å². The van der Waals surface area contributed by atoms with Crippen molar-refractivity contribution in [3.63, 3.8) is 0 Å². The fraction of sp³-hybridized carbons (Fsp3) is 0.964. The minimum absolute atomic E-state index is 0.156. The summed E-state index contributed by atoms with van der Waals surface area (Å²) in [7, 11) is 0. The Morgan fingerprint density at radius 3 is 0.803 bits per heavy atom. The smallest absolute Gasteiger partial charge is 0.140 e. The zero-order valence-electron chi connectivity index (χ0n) is 40.9. The first-order chi connectivity index (χ1) is 32.3. The molecule has 376 valence electrons. The maximum Gasteiger partial charge on any atom is 0.140 e. The van der Waals surface area contributed by atoms with Gasteiger partial charge in [0.05, 0.1) is 73.2 Å². The Labute approximate surface area is 416 Å². The van der Waals surface area contributed by atoms with Crippen LogP contribution in [0.2, 0.25) is 0 Å². The SMILES string of the molecule is O=C(C1CCC(OC2CCC(OC3CCC(OC4CCC(OC5CCC(OC6CCCCC6)CC5)CC4)CC3)CC2)CC1)C1CCC(OC2CCC(C(=O)C3CC(Br)CCC3Br)CC2)CC1. The van der Waals surface area contributed by atoms with Crippen LogP contribution in [-0.4, -0.2) is 94.5 Å². The molecule has 0 heterocycles. The first kappa shape index (κ1) is 51.0. The number of halogens is 2. The van der Waals surface area contributed by atoms with Crippen LogP contribution in [0.4, 0.5) is 0 Å². The summed E-state index contributed by atoms with van der Waals surface area (Å²) in [5.74, 6) is 1.79. The van der Waals surface area contributed by atoms with Crippen LogP contribution in [0.3, 0.4) is 0 Å². The van der Waals surface area contributed by atoms with Gasteiger partial charge in [0.15, 0.2) is 0 Å². The molecule has 0 aromatic carbocycles. The predicted molar refractivity (Wildman–Crippen MR) is 268 cm³/mol. The highest BCUT2D eigenvalue weighted by Crippen LogP contribution is 2.41. The van der Waals surface area contributed by atoms with E-state index in [2.05, 4.69) is 31.9 Å². The third kappa shape index (κ3) is 14.8. The van der Waals surface area contributed by atoms with E-state index in [1.54, 1.807) is 0 Å². The Morgan fingerprint density at radius 1 is 0.273 bits per heavy atom. The van der Waals surface area contributed by atoms with Crippen LogP contribution >= 0.6 is 31.9 Å². The van der Waals surface area contributed by atoms with Crippen molar-refractivity contribution in [3.05, 3.63) is 0 Å². The number of carbonyl (C=O) groups is 2. The first-order valence-corrected chi connectivity index (χ1v) is 30.4. The molecule has 9 aliphatic carbocycles. The highest BCUT2D eigenvalue weighted by Gasteiger charge is 2.40. The average Bonchev–Trinajstić information content (AvgIpc) is 3.35. The van der Waals surface area contributed by atoms with Crippen molar-refractivity contribution < 1.29 is 38.0 Å². The van der Waals surface area contributed by atoms with E-state index in [4.69, 9.17) is 28.4 Å². The Balaban J connectivity index is 0.576. The molecule has 8 nitrogen and oxygen atoms in total. The van der Waals surface area contributed by atoms with E-state index in [0.29, 0.717) is 82.3 Å². The van der Waals surface area contributed by atoms with Crippen molar-refractivity contribution in [1.29, 1.82) is 0 Å². The molecule has 0 aliphatic heterocycles. The van der Waals surface area contributed by atoms with Crippen LogP contribution in [0.15, 0.2) is 0 Å². The molecule has 0 spiro atoms. The van der Waals surface area contributed by atoms with Crippen LogP contribution in [0.25, 0.3) is 0 Å². The van der Waals surface area contributed by atoms with E-state index in [-0.39, 0.29) is 35.9 Å². The van der Waals surface area contributed by atoms with E-state index < -0.39 is 0 Å². The molecule has 3 atom stereocenters. The number of rotatable bonds is 16. The number of hydrogen-bond donors (Lipinski definition) is 0. The molecule has 0 N–H and O–H groups in total. The summed E-state index contributed by atoms with van der Waals surface area (Å²) in [5, 5.41) is 0. The lowest BCUT2D eigenvalue weighted by Gasteiger charge is -2.38. The molecule has 9 fully saturated rings. The van der Waals surface area contributed by atoms with Crippen LogP contribution in [0, 0.1) is 23.7 Å². The Kier molecular flexibility index (Phi) is 19.8. The van der Waals surface area contributed by atoms with Gasteiger partial charge in [-0.15, -0.1) is 0 Å². The molecule has 9 saturated carbocycles. The molecule has 0 bridgehead atoms. The molecule has 3 unspecified atom stereocenters. The summed E-state index contributed by atoms with van der Waals surface area (Å²) in [5.41, 5.74) is 0. The third-order valence-electron chi connectivity index (χ3n) is 18.6. The van der Waals surface area contributed by atoms with Gasteiger partial charge in [0.1, 0.15) is 11.6 Å². The molecule has 0 aromatic heterocycles. The van der Waals surface area contributed by atoms with Crippen LogP contribution in [-0.2, 0) is 38.0 Å². The fourth-order valence-electron chi connectivity index (χ4n) is 14.5. The number of carbonyl (C=O) groups excluding carboxylic acids is 2. The zero-order chi connectivity index (χ0) is 45.2. The largest absolute Gasteiger partial charge is 0.375 e. The van der Waals surface area contributed by atoms with Gasteiger partial charge in [-0.1, -0.05) is 51.1 Å². The Hall–Kier alpha value is 0.0600. The van der Waals surface area contributed by atoms with Gasteiger partial charge in [0.25, 0.3) is 0 Å². The van der Waals surface area contributed by atoms with Crippen LogP contribution < -0.4 is 0 Å². The van der Waals surface area contributed by atoms with Crippen molar-refractivity contribution in [3.8, 4) is 0 Å². The summed E-state index contributed by atoms with van der Waals surface area (Å²) in [4.78, 5) is 27.9. The molecule has 9 aliphatic rings. The van der Waals surface area contributed by atoms with E-state index in [1.165, 1.54) is 57.8 Å². The number of ether oxygens (including phenoxy) is 6. The van der Waals surface area contributed by atoms with Crippen LogP contribution in [0.5, 0.6) is 0 Å². The standard InChI is InChI=1S/C56H90Br2O8/c57-40-12-35-54(58)53(36-40)56(60)39-10-17-44(18-11-39)62-42-13-6-37(7-14-42)55(59)38-8-15-43(16-9-38)63-46-23-25-48(26-24-46)65-50-31-33-52(34-32-50)66-51-29-27-49(28-30-51)64-47-21-19-45(20-22-47)61-41-4-2-1-3-5-41/h37-54H,1-36H2. The highest BCUT2D eigenvalue weighted by molar-refractivity contribution is 9.10. The molecule has 0 radical (unpaired) electrons. The zero-order valence-corrected chi connectivity index (χ0v) is 44.0. The molecule has 0 aromatic rings.